The molecule has 1 amide bonds. The lowest BCUT2D eigenvalue weighted by Gasteiger charge is -2.19. The quantitative estimate of drug-likeness (QED) is 0.876. The van der Waals surface area contributed by atoms with Crippen LogP contribution in [0.1, 0.15) is 48.3 Å². The molecule has 1 aromatic heterocycles. The van der Waals surface area contributed by atoms with Crippen molar-refractivity contribution in [3.8, 4) is 0 Å². The number of ether oxygens (including phenoxy) is 1. The van der Waals surface area contributed by atoms with E-state index in [9.17, 15) is 9.59 Å². The Morgan fingerprint density at radius 1 is 1.20 bits per heavy atom. The molecule has 110 valence electrons. The summed E-state index contributed by atoms with van der Waals surface area (Å²) >= 11 is 0. The molecule has 1 aromatic rings. The van der Waals surface area contributed by atoms with Crippen LogP contribution in [0, 0.1) is 13.8 Å². The van der Waals surface area contributed by atoms with Crippen LogP contribution in [0.4, 0.5) is 4.79 Å². The van der Waals surface area contributed by atoms with E-state index in [1.54, 1.807) is 34.6 Å². The SMILES string of the molecule is Cc1nc(CNC(=O)OC(C)(C)C)nc(C)c1C(=O)O. The van der Waals surface area contributed by atoms with E-state index in [4.69, 9.17) is 9.84 Å². The number of rotatable bonds is 3. The minimum atomic E-state index is -1.06. The second-order valence-corrected chi connectivity index (χ2v) is 5.35. The zero-order valence-corrected chi connectivity index (χ0v) is 12.3. The molecule has 0 saturated heterocycles. The van der Waals surface area contributed by atoms with Crippen molar-refractivity contribution in [2.45, 2.75) is 46.8 Å². The normalized spacial score (nSPS) is 11.1. The van der Waals surface area contributed by atoms with Gasteiger partial charge in [-0.25, -0.2) is 19.6 Å². The zero-order valence-electron chi connectivity index (χ0n) is 12.3. The van der Waals surface area contributed by atoms with Crippen LogP contribution in [-0.2, 0) is 11.3 Å². The first-order chi connectivity index (χ1) is 9.10. The number of aromatic nitrogens is 2. The van der Waals surface area contributed by atoms with Crippen LogP contribution in [0.3, 0.4) is 0 Å². The van der Waals surface area contributed by atoms with Gasteiger partial charge in [-0.3, -0.25) is 0 Å². The molecule has 0 saturated carbocycles. The Morgan fingerprint density at radius 2 is 1.70 bits per heavy atom. The van der Waals surface area contributed by atoms with Gasteiger partial charge in [-0.15, -0.1) is 0 Å². The van der Waals surface area contributed by atoms with Crippen LogP contribution in [0.25, 0.3) is 0 Å². The van der Waals surface area contributed by atoms with Gasteiger partial charge in [0.25, 0.3) is 0 Å². The standard InChI is InChI=1S/C13H19N3O4/c1-7-10(11(17)18)8(2)16-9(15-7)6-14-12(19)20-13(3,4)5/h6H2,1-5H3,(H,14,19)(H,17,18). The summed E-state index contributed by atoms with van der Waals surface area (Å²) in [6, 6.07) is 0. The lowest BCUT2D eigenvalue weighted by atomic mass is 10.2. The van der Waals surface area contributed by atoms with E-state index in [0.29, 0.717) is 17.2 Å². The van der Waals surface area contributed by atoms with Crippen LogP contribution in [0.15, 0.2) is 0 Å². The fraction of sp³-hybridized carbons (Fsp3) is 0.538. The average Bonchev–Trinajstić information content (AvgIpc) is 2.22. The number of carboxylic acid groups (broad SMARTS) is 1. The van der Waals surface area contributed by atoms with Crippen molar-refractivity contribution in [2.24, 2.45) is 0 Å². The van der Waals surface area contributed by atoms with Crippen molar-refractivity contribution in [2.75, 3.05) is 0 Å². The number of aryl methyl sites for hydroxylation is 2. The van der Waals surface area contributed by atoms with Crippen molar-refractivity contribution in [3.63, 3.8) is 0 Å². The van der Waals surface area contributed by atoms with E-state index >= 15 is 0 Å². The topological polar surface area (TPSA) is 101 Å². The maximum absolute atomic E-state index is 11.5. The summed E-state index contributed by atoms with van der Waals surface area (Å²) < 4.78 is 5.08. The Balaban J connectivity index is 2.76. The molecule has 1 heterocycles. The highest BCUT2D eigenvalue weighted by atomic mass is 16.6. The monoisotopic (exact) mass is 281 g/mol. The molecule has 2 N–H and O–H groups in total. The molecule has 0 radical (unpaired) electrons. The fourth-order valence-corrected chi connectivity index (χ4v) is 1.64. The Bertz CT molecular complexity index is 512. The molecule has 7 heteroatoms. The van der Waals surface area contributed by atoms with Crippen LogP contribution in [-0.4, -0.2) is 32.7 Å². The van der Waals surface area contributed by atoms with Gasteiger partial charge in [-0.05, 0) is 34.6 Å². The number of carbonyl (C=O) groups is 2. The molecule has 1 rings (SSSR count). The first-order valence-corrected chi connectivity index (χ1v) is 6.14. The molecular formula is C13H19N3O4. The van der Waals surface area contributed by atoms with Gasteiger partial charge in [-0.2, -0.15) is 0 Å². The van der Waals surface area contributed by atoms with E-state index in [0.717, 1.165) is 0 Å². The maximum atomic E-state index is 11.5. The van der Waals surface area contributed by atoms with Gasteiger partial charge in [0, 0.05) is 0 Å². The van der Waals surface area contributed by atoms with Crippen molar-refractivity contribution in [1.29, 1.82) is 0 Å². The Morgan fingerprint density at radius 3 is 2.10 bits per heavy atom. The van der Waals surface area contributed by atoms with Gasteiger partial charge in [0.15, 0.2) is 0 Å². The number of alkyl carbamates (subject to hydrolysis) is 1. The first kappa shape index (κ1) is 15.9. The van der Waals surface area contributed by atoms with Crippen LogP contribution in [0.2, 0.25) is 0 Å². The molecule has 0 aliphatic heterocycles. The third kappa shape index (κ3) is 4.49. The number of hydrogen-bond acceptors (Lipinski definition) is 5. The number of carboxylic acids is 1. The Hall–Kier alpha value is -2.18. The van der Waals surface area contributed by atoms with E-state index in [1.807, 2.05) is 0 Å². The molecule has 0 unspecified atom stereocenters. The van der Waals surface area contributed by atoms with Crippen molar-refractivity contribution in [3.05, 3.63) is 22.8 Å². The molecule has 0 spiro atoms. The summed E-state index contributed by atoms with van der Waals surface area (Å²) in [7, 11) is 0. The minimum absolute atomic E-state index is 0.0799. The number of hydrogen-bond donors (Lipinski definition) is 2. The highest BCUT2D eigenvalue weighted by Gasteiger charge is 2.17. The summed E-state index contributed by atoms with van der Waals surface area (Å²) in [5.41, 5.74) is 0.243. The molecule has 0 aliphatic carbocycles. The van der Waals surface area contributed by atoms with Crippen LogP contribution >= 0.6 is 0 Å². The van der Waals surface area contributed by atoms with Gasteiger partial charge < -0.3 is 15.2 Å². The summed E-state index contributed by atoms with van der Waals surface area (Å²) in [4.78, 5) is 30.6. The molecule has 0 fully saturated rings. The highest BCUT2D eigenvalue weighted by Crippen LogP contribution is 2.10. The van der Waals surface area contributed by atoms with E-state index in [1.165, 1.54) is 0 Å². The number of carbonyl (C=O) groups excluding carboxylic acids is 1. The maximum Gasteiger partial charge on any atom is 0.408 e. The van der Waals surface area contributed by atoms with Gasteiger partial charge in [0.2, 0.25) is 0 Å². The Kier molecular flexibility index (Phi) is 4.65. The third-order valence-electron chi connectivity index (χ3n) is 2.32. The van der Waals surface area contributed by atoms with Gasteiger partial charge in [0.1, 0.15) is 17.0 Å². The molecular weight excluding hydrogens is 262 g/mol. The summed E-state index contributed by atoms with van der Waals surface area (Å²) in [5, 5.41) is 11.5. The lowest BCUT2D eigenvalue weighted by Crippen LogP contribution is -2.32. The molecule has 0 aliphatic rings. The van der Waals surface area contributed by atoms with Gasteiger partial charge >= 0.3 is 12.1 Å². The smallest absolute Gasteiger partial charge is 0.408 e. The van der Waals surface area contributed by atoms with Crippen molar-refractivity contribution < 1.29 is 19.4 Å². The Labute approximate surface area is 117 Å². The van der Waals surface area contributed by atoms with E-state index in [2.05, 4.69) is 15.3 Å². The predicted molar refractivity (Wildman–Crippen MR) is 71.5 cm³/mol. The molecule has 0 atom stereocenters. The fourth-order valence-electron chi connectivity index (χ4n) is 1.64. The summed E-state index contributed by atoms with van der Waals surface area (Å²) in [5.74, 6) is -0.720. The number of aromatic carboxylic acids is 1. The van der Waals surface area contributed by atoms with Gasteiger partial charge in [0.05, 0.1) is 17.9 Å². The number of nitrogens with one attached hydrogen (secondary N) is 1. The predicted octanol–water partition coefficient (Wildman–Crippen LogP) is 1.82. The largest absolute Gasteiger partial charge is 0.478 e. The minimum Gasteiger partial charge on any atom is -0.478 e. The van der Waals surface area contributed by atoms with Crippen LogP contribution in [0.5, 0.6) is 0 Å². The third-order valence-corrected chi connectivity index (χ3v) is 2.32. The van der Waals surface area contributed by atoms with Crippen molar-refractivity contribution >= 4 is 12.1 Å². The average molecular weight is 281 g/mol. The lowest BCUT2D eigenvalue weighted by molar-refractivity contribution is 0.0521. The molecule has 20 heavy (non-hydrogen) atoms. The van der Waals surface area contributed by atoms with Gasteiger partial charge in [-0.1, -0.05) is 0 Å². The van der Waals surface area contributed by atoms with Crippen LogP contribution < -0.4 is 5.32 Å². The molecule has 7 nitrogen and oxygen atoms in total. The van der Waals surface area contributed by atoms with E-state index < -0.39 is 17.7 Å². The number of amides is 1. The molecule has 0 bridgehead atoms. The summed E-state index contributed by atoms with van der Waals surface area (Å²) in [6.07, 6.45) is -0.571. The first-order valence-electron chi connectivity index (χ1n) is 6.14. The highest BCUT2D eigenvalue weighted by molar-refractivity contribution is 5.89. The second kappa shape index (κ2) is 5.85. The molecule has 0 aromatic carbocycles. The van der Waals surface area contributed by atoms with E-state index in [-0.39, 0.29) is 12.1 Å². The second-order valence-electron chi connectivity index (χ2n) is 5.35. The summed E-state index contributed by atoms with van der Waals surface area (Å²) in [6.45, 7) is 8.55. The number of nitrogens with zero attached hydrogens (tertiary/aromatic N) is 2. The van der Waals surface area contributed by atoms with Crippen molar-refractivity contribution in [1.82, 2.24) is 15.3 Å². The zero-order chi connectivity index (χ0) is 15.5.